The summed E-state index contributed by atoms with van der Waals surface area (Å²) in [5, 5.41) is 18.2. The van der Waals surface area contributed by atoms with Crippen LogP contribution >= 0.6 is 0 Å². The summed E-state index contributed by atoms with van der Waals surface area (Å²) < 4.78 is 5.21. The Morgan fingerprint density at radius 3 is 2.45 bits per heavy atom. The van der Waals surface area contributed by atoms with Crippen LogP contribution in [0.5, 0.6) is 0 Å². The zero-order chi connectivity index (χ0) is 8.65. The van der Waals surface area contributed by atoms with Gasteiger partial charge in [0.2, 0.25) is 0 Å². The summed E-state index contributed by atoms with van der Waals surface area (Å²) in [4.78, 5) is 0. The van der Waals surface area contributed by atoms with E-state index in [1.54, 1.807) is 14.8 Å². The van der Waals surface area contributed by atoms with Gasteiger partial charge in [-0.25, -0.2) is 0 Å². The van der Waals surface area contributed by atoms with E-state index in [9.17, 15) is 5.11 Å². The zero-order valence-electron chi connectivity index (χ0n) is 6.82. The topological polar surface area (TPSA) is 75.7 Å². The third-order valence-corrected chi connectivity index (χ3v) is 2.42. The molecule has 4 N–H and O–H groups in total. The highest BCUT2D eigenvalue weighted by atomic mass is 16.5. The molecule has 64 valence electrons. The van der Waals surface area contributed by atoms with Gasteiger partial charge in [0.15, 0.2) is 0 Å². The van der Waals surface area contributed by atoms with Crippen LogP contribution in [0, 0.1) is 0 Å². The number of rotatable bonds is 1. The van der Waals surface area contributed by atoms with E-state index in [0.717, 1.165) is 0 Å². The molecule has 4 atom stereocenters. The van der Waals surface area contributed by atoms with Crippen LogP contribution in [0.2, 0.25) is 0 Å². The van der Waals surface area contributed by atoms with Crippen molar-refractivity contribution in [1.29, 1.82) is 0 Å². The summed E-state index contributed by atoms with van der Waals surface area (Å²) in [6.07, 6.45) is -1.30. The number of hydrogen-bond donors (Lipinski definition) is 3. The standard InChI is InChI=1S/C6H14BNO3/c1-6(8)4(10)3(2-9)11-5(6)7/h3-5,9-10H,2,7-8H2,1H3/t3-,4-,5-,6-/m1/s1. The first-order valence-electron chi connectivity index (χ1n) is 3.73. The van der Waals surface area contributed by atoms with Gasteiger partial charge in [-0.3, -0.25) is 0 Å². The summed E-state index contributed by atoms with van der Waals surface area (Å²) >= 11 is 0. The van der Waals surface area contributed by atoms with Crippen molar-refractivity contribution in [3.05, 3.63) is 0 Å². The van der Waals surface area contributed by atoms with Gasteiger partial charge in [0.25, 0.3) is 0 Å². The average Bonchev–Trinajstić information content (AvgIpc) is 2.14. The number of aliphatic hydroxyl groups is 2. The van der Waals surface area contributed by atoms with Crippen LogP contribution in [0.1, 0.15) is 6.92 Å². The highest BCUT2D eigenvalue weighted by molar-refractivity contribution is 6.12. The van der Waals surface area contributed by atoms with Crippen molar-refractivity contribution in [1.82, 2.24) is 0 Å². The highest BCUT2D eigenvalue weighted by Gasteiger charge is 2.47. The molecule has 1 aliphatic heterocycles. The molecule has 1 fully saturated rings. The molecular formula is C6H14BNO3. The predicted octanol–water partition coefficient (Wildman–Crippen LogP) is -2.58. The molecule has 0 radical (unpaired) electrons. The number of hydrogen-bond acceptors (Lipinski definition) is 4. The molecule has 0 aliphatic carbocycles. The van der Waals surface area contributed by atoms with Crippen LogP contribution in [0.4, 0.5) is 0 Å². The lowest BCUT2D eigenvalue weighted by atomic mass is 9.80. The van der Waals surface area contributed by atoms with E-state index in [4.69, 9.17) is 15.6 Å². The molecule has 0 spiro atoms. The molecule has 4 nitrogen and oxygen atoms in total. The molecular weight excluding hydrogens is 145 g/mol. The van der Waals surface area contributed by atoms with Crippen LogP contribution in [0.3, 0.4) is 0 Å². The van der Waals surface area contributed by atoms with Crippen LogP contribution in [-0.2, 0) is 4.74 Å². The first kappa shape index (κ1) is 9.00. The fraction of sp³-hybridized carbons (Fsp3) is 1.00. The fourth-order valence-electron chi connectivity index (χ4n) is 1.27. The molecule has 0 amide bonds. The number of ether oxygens (including phenoxy) is 1. The summed E-state index contributed by atoms with van der Waals surface area (Å²) in [5.74, 6) is 0. The number of nitrogens with two attached hydrogens (primary N) is 1. The maximum atomic E-state index is 9.48. The third-order valence-electron chi connectivity index (χ3n) is 2.42. The molecule has 1 heterocycles. The van der Waals surface area contributed by atoms with Crippen molar-refractivity contribution in [3.63, 3.8) is 0 Å². The number of aliphatic hydroxyl groups excluding tert-OH is 2. The molecule has 5 heteroatoms. The molecule has 11 heavy (non-hydrogen) atoms. The quantitative estimate of drug-likeness (QED) is 0.367. The molecule has 1 aliphatic rings. The molecule has 1 rings (SSSR count). The second kappa shape index (κ2) is 2.75. The zero-order valence-corrected chi connectivity index (χ0v) is 6.82. The van der Waals surface area contributed by atoms with E-state index in [0.29, 0.717) is 0 Å². The summed E-state index contributed by atoms with van der Waals surface area (Å²) in [5.41, 5.74) is 5.00. The van der Waals surface area contributed by atoms with Crippen molar-refractivity contribution in [3.8, 4) is 0 Å². The van der Waals surface area contributed by atoms with Gasteiger partial charge in [-0.15, -0.1) is 0 Å². The van der Waals surface area contributed by atoms with Gasteiger partial charge in [-0.2, -0.15) is 0 Å². The monoisotopic (exact) mass is 159 g/mol. The smallest absolute Gasteiger partial charge is 0.141 e. The molecule has 0 aromatic heterocycles. The van der Waals surface area contributed by atoms with Crippen molar-refractivity contribution >= 4 is 7.85 Å². The van der Waals surface area contributed by atoms with Gasteiger partial charge in [-0.05, 0) is 6.92 Å². The first-order valence-corrected chi connectivity index (χ1v) is 3.73. The highest BCUT2D eigenvalue weighted by Crippen LogP contribution is 2.26. The van der Waals surface area contributed by atoms with Crippen LogP contribution in [0.15, 0.2) is 0 Å². The van der Waals surface area contributed by atoms with Crippen molar-refractivity contribution < 1.29 is 14.9 Å². The molecule has 1 saturated heterocycles. The SMILES string of the molecule is B[C@@H]1O[C@H](CO)[C@@H](O)[C@@]1(C)N. The van der Waals surface area contributed by atoms with E-state index in [1.807, 2.05) is 0 Å². The maximum Gasteiger partial charge on any atom is 0.141 e. The van der Waals surface area contributed by atoms with Gasteiger partial charge in [0.05, 0.1) is 12.1 Å². The molecule has 0 unspecified atom stereocenters. The lowest BCUT2D eigenvalue weighted by Gasteiger charge is -2.25. The summed E-state index contributed by atoms with van der Waals surface area (Å²) in [6, 6.07) is -0.213. The van der Waals surface area contributed by atoms with Crippen molar-refractivity contribution in [2.45, 2.75) is 30.7 Å². The van der Waals surface area contributed by atoms with E-state index in [-0.39, 0.29) is 12.6 Å². The maximum absolute atomic E-state index is 9.48. The Bertz CT molecular complexity index is 153. The van der Waals surface area contributed by atoms with E-state index >= 15 is 0 Å². The Morgan fingerprint density at radius 1 is 1.73 bits per heavy atom. The van der Waals surface area contributed by atoms with Gasteiger partial charge >= 0.3 is 0 Å². The summed E-state index contributed by atoms with van der Waals surface area (Å²) in [7, 11) is 1.79. The minimum absolute atomic E-state index is 0.182. The minimum atomic E-state index is -0.775. The Hall–Kier alpha value is -0.0951. The normalized spacial score (nSPS) is 51.5. The van der Waals surface area contributed by atoms with E-state index in [2.05, 4.69) is 0 Å². The van der Waals surface area contributed by atoms with Gasteiger partial charge in [0, 0.05) is 6.00 Å². The average molecular weight is 159 g/mol. The van der Waals surface area contributed by atoms with Crippen molar-refractivity contribution in [2.75, 3.05) is 6.61 Å². The lowest BCUT2D eigenvalue weighted by Crippen LogP contribution is -2.54. The van der Waals surface area contributed by atoms with Crippen LogP contribution in [-0.4, -0.2) is 48.4 Å². The first-order chi connectivity index (χ1) is 5.00. The van der Waals surface area contributed by atoms with Gasteiger partial charge in [0.1, 0.15) is 20.1 Å². The minimum Gasteiger partial charge on any atom is -0.394 e. The third kappa shape index (κ3) is 1.29. The Balaban J connectivity index is 2.71. The molecule has 0 bridgehead atoms. The van der Waals surface area contributed by atoms with Gasteiger partial charge in [-0.1, -0.05) is 0 Å². The largest absolute Gasteiger partial charge is 0.394 e. The second-order valence-electron chi connectivity index (χ2n) is 3.31. The van der Waals surface area contributed by atoms with Crippen LogP contribution < -0.4 is 5.73 Å². The Labute approximate surface area is 66.8 Å². The fourth-order valence-corrected chi connectivity index (χ4v) is 1.27. The Morgan fingerprint density at radius 2 is 2.27 bits per heavy atom. The second-order valence-corrected chi connectivity index (χ2v) is 3.31. The van der Waals surface area contributed by atoms with Crippen molar-refractivity contribution in [2.24, 2.45) is 5.73 Å². The Kier molecular flexibility index (Phi) is 2.25. The molecule has 0 aromatic rings. The van der Waals surface area contributed by atoms with Crippen LogP contribution in [0.25, 0.3) is 0 Å². The van der Waals surface area contributed by atoms with E-state index in [1.165, 1.54) is 0 Å². The molecule has 0 saturated carbocycles. The van der Waals surface area contributed by atoms with Gasteiger partial charge < -0.3 is 20.7 Å². The molecule has 0 aromatic carbocycles. The van der Waals surface area contributed by atoms with E-state index < -0.39 is 17.7 Å². The summed E-state index contributed by atoms with van der Waals surface area (Å²) in [6.45, 7) is 1.54. The predicted molar refractivity (Wildman–Crippen MR) is 42.9 cm³/mol. The lowest BCUT2D eigenvalue weighted by molar-refractivity contribution is -0.00539.